The second-order valence-corrected chi connectivity index (χ2v) is 7.43. The lowest BCUT2D eigenvalue weighted by atomic mass is 9.92. The van der Waals surface area contributed by atoms with Crippen molar-refractivity contribution in [2.24, 2.45) is 0 Å². The maximum atomic E-state index is 5.82. The quantitative estimate of drug-likeness (QED) is 0.694. The molecule has 2 heterocycles. The summed E-state index contributed by atoms with van der Waals surface area (Å²) in [7, 11) is 0. The maximum Gasteiger partial charge on any atom is 0.233 e. The fraction of sp³-hybridized carbons (Fsp3) is 0.364. The molecule has 0 spiro atoms. The topological polar surface area (TPSA) is 42.2 Å². The highest BCUT2D eigenvalue weighted by atomic mass is 16.4. The molecule has 3 aromatic rings. The van der Waals surface area contributed by atoms with Crippen molar-refractivity contribution in [3.05, 3.63) is 81.6 Å². The molecule has 0 saturated carbocycles. The molecule has 0 unspecified atom stereocenters. The lowest BCUT2D eigenvalue weighted by Gasteiger charge is -2.35. The molecular weight excluding hydrogens is 322 g/mol. The average Bonchev–Trinajstić information content (AvgIpc) is 3.03. The largest absolute Gasteiger partial charge is 0.424 e. The molecule has 1 atom stereocenters. The van der Waals surface area contributed by atoms with E-state index in [2.05, 4.69) is 72.3 Å². The van der Waals surface area contributed by atoms with Crippen LogP contribution in [0.1, 0.15) is 51.2 Å². The van der Waals surface area contributed by atoms with Crippen LogP contribution in [0.25, 0.3) is 0 Å². The monoisotopic (exact) mass is 347 g/mol. The summed E-state index contributed by atoms with van der Waals surface area (Å²) in [6.07, 6.45) is 0.905. The molecule has 0 bridgehead atoms. The first-order valence-electron chi connectivity index (χ1n) is 9.19. The summed E-state index contributed by atoms with van der Waals surface area (Å²) in [6, 6.07) is 13.3. The minimum atomic E-state index is 0.117. The number of benzene rings is 2. The van der Waals surface area contributed by atoms with Gasteiger partial charge < -0.3 is 4.42 Å². The lowest BCUT2D eigenvalue weighted by molar-refractivity contribution is 0.137. The number of rotatable bonds is 3. The van der Waals surface area contributed by atoms with Gasteiger partial charge in [0, 0.05) is 20.0 Å². The zero-order valence-electron chi connectivity index (χ0n) is 15.9. The Labute approximate surface area is 154 Å². The van der Waals surface area contributed by atoms with Crippen molar-refractivity contribution in [3.63, 3.8) is 0 Å². The molecule has 4 heteroatoms. The van der Waals surface area contributed by atoms with E-state index in [4.69, 9.17) is 4.42 Å². The van der Waals surface area contributed by atoms with Gasteiger partial charge in [0.05, 0.1) is 6.04 Å². The molecule has 4 rings (SSSR count). The predicted molar refractivity (Wildman–Crippen MR) is 102 cm³/mol. The zero-order valence-corrected chi connectivity index (χ0v) is 15.9. The Morgan fingerprint density at radius 2 is 1.69 bits per heavy atom. The van der Waals surface area contributed by atoms with Gasteiger partial charge in [-0.05, 0) is 55.0 Å². The van der Waals surface area contributed by atoms with Gasteiger partial charge in [-0.1, -0.05) is 42.0 Å². The van der Waals surface area contributed by atoms with Crippen molar-refractivity contribution in [3.8, 4) is 0 Å². The zero-order chi connectivity index (χ0) is 18.3. The van der Waals surface area contributed by atoms with Crippen molar-refractivity contribution >= 4 is 0 Å². The Morgan fingerprint density at radius 3 is 2.35 bits per heavy atom. The van der Waals surface area contributed by atoms with Gasteiger partial charge in [0.1, 0.15) is 0 Å². The van der Waals surface area contributed by atoms with E-state index in [0.29, 0.717) is 5.89 Å². The maximum absolute atomic E-state index is 5.82. The first-order valence-corrected chi connectivity index (χ1v) is 9.19. The first kappa shape index (κ1) is 17.0. The molecular formula is C22H25N3O. The molecule has 0 saturated heterocycles. The van der Waals surface area contributed by atoms with Crippen molar-refractivity contribution in [2.45, 2.75) is 53.2 Å². The van der Waals surface area contributed by atoms with Crippen LogP contribution in [0.2, 0.25) is 0 Å². The molecule has 1 aliphatic rings. The van der Waals surface area contributed by atoms with Crippen LogP contribution in [0.5, 0.6) is 0 Å². The van der Waals surface area contributed by atoms with Crippen molar-refractivity contribution in [2.75, 3.05) is 0 Å². The van der Waals surface area contributed by atoms with Crippen molar-refractivity contribution in [1.29, 1.82) is 0 Å². The van der Waals surface area contributed by atoms with Gasteiger partial charge in [-0.25, -0.2) is 0 Å². The van der Waals surface area contributed by atoms with E-state index in [1.54, 1.807) is 0 Å². The molecule has 0 amide bonds. The standard InChI is InChI=1S/C22H25N3O/c1-14-9-15(2)20(16(3)10-14)13-25-12-19-8-6-5-7-18(19)11-21(25)22-24-23-17(4)26-22/h5-10,21H,11-13H2,1-4H3/t21-/m1/s1. The summed E-state index contributed by atoms with van der Waals surface area (Å²) in [5, 5.41) is 8.40. The smallest absolute Gasteiger partial charge is 0.233 e. The first-order chi connectivity index (χ1) is 12.5. The highest BCUT2D eigenvalue weighted by Gasteiger charge is 2.31. The second kappa shape index (κ2) is 6.69. The molecule has 0 N–H and O–H groups in total. The Bertz CT molecular complexity index is 921. The second-order valence-electron chi connectivity index (χ2n) is 7.43. The normalized spacial score (nSPS) is 17.3. The number of nitrogens with zero attached hydrogens (tertiary/aromatic N) is 3. The summed E-state index contributed by atoms with van der Waals surface area (Å²) < 4.78 is 5.82. The van der Waals surface area contributed by atoms with Crippen LogP contribution in [-0.2, 0) is 19.5 Å². The Kier molecular flexibility index (Phi) is 4.37. The van der Waals surface area contributed by atoms with Gasteiger partial charge in [-0.15, -0.1) is 10.2 Å². The molecule has 4 nitrogen and oxygen atoms in total. The van der Waals surface area contributed by atoms with E-state index in [-0.39, 0.29) is 6.04 Å². The van der Waals surface area contributed by atoms with E-state index < -0.39 is 0 Å². The summed E-state index contributed by atoms with van der Waals surface area (Å²) in [4.78, 5) is 2.47. The van der Waals surface area contributed by atoms with Gasteiger partial charge >= 0.3 is 0 Å². The lowest BCUT2D eigenvalue weighted by Crippen LogP contribution is -2.34. The van der Waals surface area contributed by atoms with Crippen LogP contribution in [0.3, 0.4) is 0 Å². The van der Waals surface area contributed by atoms with Gasteiger partial charge in [-0.2, -0.15) is 0 Å². The molecule has 134 valence electrons. The fourth-order valence-corrected chi connectivity index (χ4v) is 4.10. The summed E-state index contributed by atoms with van der Waals surface area (Å²) in [5.74, 6) is 1.35. The number of fused-ring (bicyclic) bond motifs is 1. The molecule has 0 radical (unpaired) electrons. The highest BCUT2D eigenvalue weighted by Crippen LogP contribution is 2.34. The van der Waals surface area contributed by atoms with Gasteiger partial charge in [0.2, 0.25) is 11.8 Å². The number of aromatic nitrogens is 2. The number of aryl methyl sites for hydroxylation is 4. The van der Waals surface area contributed by atoms with Crippen LogP contribution < -0.4 is 0 Å². The number of hydrogen-bond donors (Lipinski definition) is 0. The third kappa shape index (κ3) is 3.17. The average molecular weight is 347 g/mol. The van der Waals surface area contributed by atoms with Gasteiger partial charge in [0.25, 0.3) is 0 Å². The van der Waals surface area contributed by atoms with Crippen LogP contribution >= 0.6 is 0 Å². The van der Waals surface area contributed by atoms with E-state index >= 15 is 0 Å². The van der Waals surface area contributed by atoms with E-state index in [0.717, 1.165) is 25.4 Å². The molecule has 2 aromatic carbocycles. The summed E-state index contributed by atoms with van der Waals surface area (Å²) in [6.45, 7) is 10.2. The fourth-order valence-electron chi connectivity index (χ4n) is 4.10. The van der Waals surface area contributed by atoms with Crippen LogP contribution in [0, 0.1) is 27.7 Å². The minimum Gasteiger partial charge on any atom is -0.424 e. The Balaban J connectivity index is 1.72. The van der Waals surface area contributed by atoms with E-state index in [1.807, 2.05) is 6.92 Å². The molecule has 0 aliphatic carbocycles. The van der Waals surface area contributed by atoms with Crippen LogP contribution in [0.15, 0.2) is 40.8 Å². The molecule has 1 aliphatic heterocycles. The third-order valence-electron chi connectivity index (χ3n) is 5.37. The van der Waals surface area contributed by atoms with E-state index in [1.165, 1.54) is 33.4 Å². The Hall–Kier alpha value is -2.46. The van der Waals surface area contributed by atoms with Crippen molar-refractivity contribution < 1.29 is 4.42 Å². The van der Waals surface area contributed by atoms with Gasteiger partial charge in [-0.3, -0.25) is 4.90 Å². The van der Waals surface area contributed by atoms with Crippen molar-refractivity contribution in [1.82, 2.24) is 15.1 Å². The summed E-state index contributed by atoms with van der Waals surface area (Å²) >= 11 is 0. The summed E-state index contributed by atoms with van der Waals surface area (Å²) in [5.41, 5.74) is 8.18. The van der Waals surface area contributed by atoms with Crippen LogP contribution in [-0.4, -0.2) is 15.1 Å². The molecule has 1 aromatic heterocycles. The third-order valence-corrected chi connectivity index (χ3v) is 5.37. The van der Waals surface area contributed by atoms with Crippen LogP contribution in [0.4, 0.5) is 0 Å². The molecule has 26 heavy (non-hydrogen) atoms. The minimum absolute atomic E-state index is 0.117. The molecule has 0 fully saturated rings. The van der Waals surface area contributed by atoms with E-state index in [9.17, 15) is 0 Å². The number of hydrogen-bond acceptors (Lipinski definition) is 4. The highest BCUT2D eigenvalue weighted by molar-refractivity contribution is 5.38. The Morgan fingerprint density at radius 1 is 1.00 bits per heavy atom. The SMILES string of the molecule is Cc1cc(C)c(CN2Cc3ccccc3C[C@@H]2c2nnc(C)o2)c(C)c1. The van der Waals surface area contributed by atoms with Gasteiger partial charge in [0.15, 0.2) is 0 Å². The predicted octanol–water partition coefficient (Wildman–Crippen LogP) is 4.60.